The number of halogens is 2. The second kappa shape index (κ2) is 23.4. The van der Waals surface area contributed by atoms with Crippen LogP contribution in [-0.2, 0) is 22.0 Å². The monoisotopic (exact) mass is 217 g/mol. The van der Waals surface area contributed by atoms with Gasteiger partial charge < -0.3 is 15.1 Å². The van der Waals surface area contributed by atoms with Gasteiger partial charge in [-0.1, -0.05) is 0 Å². The summed E-state index contributed by atoms with van der Waals surface area (Å²) in [6.07, 6.45) is 0. The van der Waals surface area contributed by atoms with E-state index < -0.39 is 19.4 Å². The number of carbonyl (C=O) groups excluding carboxylic acids is 2. The van der Waals surface area contributed by atoms with Crippen molar-refractivity contribution in [2.75, 3.05) is 0 Å². The van der Waals surface area contributed by atoms with Gasteiger partial charge in [-0.2, -0.15) is 8.78 Å². The summed E-state index contributed by atoms with van der Waals surface area (Å²) in [4.78, 5) is 17.5. The van der Waals surface area contributed by atoms with Gasteiger partial charge in [-0.3, -0.25) is 4.78 Å². The van der Waals surface area contributed by atoms with E-state index in [1.165, 1.54) is 0 Å². The number of carbonyl (C=O) groups is 2. The Hall–Kier alpha value is 0.490. The van der Waals surface area contributed by atoms with Crippen molar-refractivity contribution in [3.05, 3.63) is 0 Å². The minimum Gasteiger partial charge on any atom is -0.871 e. The maximum absolute atomic E-state index is 10.5. The van der Waals surface area contributed by atoms with Gasteiger partial charge in [0.2, 0.25) is 0 Å². The standard InChI is InChI=1S/C2F2O2.BHO3.2Li.H3NS/c3-1(5)2(4)6;2-1(3)4;;;1-2/h;2H;;;1H,2H2/q;-2;2*+1;. The van der Waals surface area contributed by atoms with E-state index in [-0.39, 0.29) is 37.7 Å². The zero-order valence-electron chi connectivity index (χ0n) is 7.41. The number of rotatable bonds is 1. The first-order chi connectivity index (χ1) is 5.37. The van der Waals surface area contributed by atoms with Crippen LogP contribution in [0.3, 0.4) is 0 Å². The van der Waals surface area contributed by atoms with E-state index in [4.69, 9.17) is 29.4 Å². The van der Waals surface area contributed by atoms with Gasteiger partial charge in [-0.15, -0.1) is 12.4 Å². The number of hydrogen-bond acceptors (Lipinski definition) is 6. The van der Waals surface area contributed by atoms with E-state index in [1.807, 2.05) is 0 Å². The van der Waals surface area contributed by atoms with Crippen LogP contribution >= 0.6 is 0 Å². The van der Waals surface area contributed by atoms with Crippen LogP contribution in [0.4, 0.5) is 8.78 Å². The zero-order valence-corrected chi connectivity index (χ0v) is 8.41. The maximum Gasteiger partial charge on any atom is 1.00 e. The summed E-state index contributed by atoms with van der Waals surface area (Å²) in [5, 5.41) is 24.0. The van der Waals surface area contributed by atoms with E-state index in [0.29, 0.717) is 0 Å². The molecule has 0 aliphatic rings. The Kier molecular flexibility index (Phi) is 48.9. The Balaban J connectivity index is -0.0000000302. The Morgan fingerprint density at radius 2 is 1.21 bits per heavy atom. The molecule has 0 aromatic heterocycles. The Bertz CT molecular complexity index is 139. The van der Waals surface area contributed by atoms with Crippen molar-refractivity contribution >= 4 is 31.8 Å². The van der Waals surface area contributed by atoms with Crippen LogP contribution in [0.5, 0.6) is 0 Å². The van der Waals surface area contributed by atoms with Gasteiger partial charge in [-0.05, 0) is 0 Å². The fourth-order valence-corrected chi connectivity index (χ4v) is 0. The third kappa shape index (κ3) is 81.8. The molecular formula is C2H4BF2Li2NO5S. The third-order valence-corrected chi connectivity index (χ3v) is 0.155. The Morgan fingerprint density at radius 1 is 1.14 bits per heavy atom. The smallest absolute Gasteiger partial charge is 0.871 e. The van der Waals surface area contributed by atoms with Crippen molar-refractivity contribution in [1.82, 2.24) is 0 Å². The molecule has 0 aliphatic heterocycles. The first-order valence-corrected chi connectivity index (χ1v) is 2.52. The van der Waals surface area contributed by atoms with Crippen molar-refractivity contribution < 1.29 is 71.2 Å². The van der Waals surface area contributed by atoms with E-state index in [1.54, 1.807) is 0 Å². The molecule has 12 heteroatoms. The van der Waals surface area contributed by atoms with E-state index in [2.05, 4.69) is 12.4 Å². The van der Waals surface area contributed by atoms with Gasteiger partial charge in [0.15, 0.2) is 0 Å². The molecule has 0 aromatic rings. The van der Waals surface area contributed by atoms with E-state index in [0.717, 1.165) is 0 Å². The molecule has 0 atom stereocenters. The summed E-state index contributed by atoms with van der Waals surface area (Å²) in [5.74, 6) is 0. The Labute approximate surface area is 108 Å². The molecule has 0 saturated heterocycles. The predicted octanol–water partition coefficient (Wildman–Crippen LogP) is -9.57. The summed E-state index contributed by atoms with van der Waals surface area (Å²) in [5.41, 5.74) is 0. The van der Waals surface area contributed by atoms with E-state index in [9.17, 15) is 8.78 Å². The zero-order chi connectivity index (χ0) is 10.7. The number of nitrogens with one attached hydrogen (secondary N) is 1. The molecule has 0 heterocycles. The Morgan fingerprint density at radius 3 is 1.21 bits per heavy atom. The first kappa shape index (κ1) is 29.3. The molecule has 0 saturated carbocycles. The number of hydrogen-bond donors (Lipinski definition) is 2. The normalized spacial score (nSPS) is 5.57. The van der Waals surface area contributed by atoms with Crippen LogP contribution in [0.1, 0.15) is 0 Å². The SMILES string of the molecule is N=[SH2].O=C(F)C(=O)F.[Li+].[Li+].[O-]B([O-])O. The molecule has 0 radical (unpaired) electrons. The average molecular weight is 217 g/mol. The van der Waals surface area contributed by atoms with Gasteiger partial charge in [0.25, 0.3) is 0 Å². The molecule has 2 N–H and O–H groups in total. The summed E-state index contributed by atoms with van der Waals surface area (Å²) in [7, 11) is -2.67. The minimum atomic E-state index is -2.67. The van der Waals surface area contributed by atoms with Crippen molar-refractivity contribution in [2.24, 2.45) is 0 Å². The molecule has 0 spiro atoms. The van der Waals surface area contributed by atoms with Crippen LogP contribution in [0.25, 0.3) is 0 Å². The average Bonchev–Trinajstić information content (AvgIpc) is 1.90. The maximum atomic E-state index is 10.5. The summed E-state index contributed by atoms with van der Waals surface area (Å²) in [6.45, 7) is 0. The van der Waals surface area contributed by atoms with Crippen LogP contribution in [0, 0.1) is 4.78 Å². The van der Waals surface area contributed by atoms with Gasteiger partial charge in [0.1, 0.15) is 0 Å². The summed E-state index contributed by atoms with van der Waals surface area (Å²) in [6, 6.07) is -5.09. The predicted molar refractivity (Wildman–Crippen MR) is 33.1 cm³/mol. The minimum absolute atomic E-state index is 0. The molecular weight excluding hydrogens is 213 g/mol. The van der Waals surface area contributed by atoms with Gasteiger partial charge in [-0.25, -0.2) is 9.59 Å². The molecule has 0 rings (SSSR count). The largest absolute Gasteiger partial charge is 1.00 e. The van der Waals surface area contributed by atoms with Crippen molar-refractivity contribution in [3.63, 3.8) is 0 Å². The van der Waals surface area contributed by atoms with Crippen molar-refractivity contribution in [3.8, 4) is 0 Å². The van der Waals surface area contributed by atoms with Gasteiger partial charge in [0, 0.05) is 0 Å². The van der Waals surface area contributed by atoms with Crippen molar-refractivity contribution in [1.29, 1.82) is 4.78 Å². The fourth-order valence-electron chi connectivity index (χ4n) is 0. The summed E-state index contributed by atoms with van der Waals surface area (Å²) >= 11 is 2.22. The van der Waals surface area contributed by atoms with E-state index >= 15 is 0 Å². The van der Waals surface area contributed by atoms with Crippen LogP contribution < -0.4 is 47.8 Å². The van der Waals surface area contributed by atoms with Gasteiger partial charge in [0.05, 0.1) is 7.32 Å². The van der Waals surface area contributed by atoms with Crippen LogP contribution in [-0.4, -0.2) is 24.4 Å². The fraction of sp³-hybridized carbons (Fsp3) is 0. The molecule has 0 fully saturated rings. The molecule has 0 aromatic carbocycles. The molecule has 0 aliphatic carbocycles. The van der Waals surface area contributed by atoms with Crippen LogP contribution in [0.15, 0.2) is 0 Å². The molecule has 72 valence electrons. The molecule has 0 amide bonds. The quantitative estimate of drug-likeness (QED) is 0.256. The second-order valence-electron chi connectivity index (χ2n) is 0.854. The van der Waals surface area contributed by atoms with Crippen molar-refractivity contribution in [2.45, 2.75) is 0 Å². The molecule has 0 bridgehead atoms. The van der Waals surface area contributed by atoms with Gasteiger partial charge >= 0.3 is 49.8 Å². The third-order valence-electron chi connectivity index (χ3n) is 0.155. The molecule has 6 nitrogen and oxygen atoms in total. The first-order valence-electron chi connectivity index (χ1n) is 2.02. The second-order valence-corrected chi connectivity index (χ2v) is 0.854. The van der Waals surface area contributed by atoms with Crippen LogP contribution in [0.2, 0.25) is 0 Å². The summed E-state index contributed by atoms with van der Waals surface area (Å²) < 4.78 is 26.5. The molecule has 0 unspecified atom stereocenters. The molecule has 14 heavy (non-hydrogen) atoms. The topological polar surface area (TPSA) is 124 Å².